The van der Waals surface area contributed by atoms with Crippen LogP contribution in [0.4, 0.5) is 4.79 Å². The van der Waals surface area contributed by atoms with E-state index in [1.807, 2.05) is 0 Å². The van der Waals surface area contributed by atoms with Crippen LogP contribution in [0.1, 0.15) is 11.7 Å². The maximum absolute atomic E-state index is 11.4. The number of carbonyl (C=O) groups excluding carboxylic acids is 1. The first-order valence-electron chi connectivity index (χ1n) is 5.35. The summed E-state index contributed by atoms with van der Waals surface area (Å²) < 4.78 is 10.1. The van der Waals surface area contributed by atoms with E-state index in [2.05, 4.69) is 0 Å². The Morgan fingerprint density at radius 3 is 2.83 bits per heavy atom. The average molecular weight is 251 g/mol. The van der Waals surface area contributed by atoms with Crippen molar-refractivity contribution in [3.8, 4) is 5.75 Å². The molecule has 1 aliphatic heterocycles. The summed E-state index contributed by atoms with van der Waals surface area (Å²) in [7, 11) is 2.92. The van der Waals surface area contributed by atoms with E-state index >= 15 is 0 Å². The second-order valence-electron chi connectivity index (χ2n) is 3.97. The molecule has 1 fully saturated rings. The molecule has 0 spiro atoms. The minimum Gasteiger partial charge on any atom is -0.497 e. The van der Waals surface area contributed by atoms with Gasteiger partial charge in [0.25, 0.3) is 0 Å². The number of nitrogens with zero attached hydrogens (tertiary/aromatic N) is 1. The number of likely N-dealkylation sites (N-methyl/N-ethyl adjacent to an activating group) is 1. The normalized spacial score (nSPS) is 22.8. The molecule has 2 atom stereocenters. The van der Waals surface area contributed by atoms with Crippen molar-refractivity contribution in [3.63, 3.8) is 0 Å². The van der Waals surface area contributed by atoms with Crippen LogP contribution in [0.25, 0.3) is 0 Å². The number of carbonyl (C=O) groups is 2. The number of cyclic esters (lactones) is 1. The van der Waals surface area contributed by atoms with E-state index in [0.29, 0.717) is 11.3 Å². The highest BCUT2D eigenvalue weighted by atomic mass is 16.6. The van der Waals surface area contributed by atoms with Crippen LogP contribution in [0.2, 0.25) is 0 Å². The number of hydrogen-bond acceptors (Lipinski definition) is 4. The number of ether oxygens (including phenoxy) is 2. The van der Waals surface area contributed by atoms with Gasteiger partial charge < -0.3 is 14.6 Å². The molecule has 0 saturated carbocycles. The summed E-state index contributed by atoms with van der Waals surface area (Å²) in [5, 5.41) is 9.15. The molecule has 6 nitrogen and oxygen atoms in total. The van der Waals surface area contributed by atoms with Gasteiger partial charge >= 0.3 is 12.1 Å². The summed E-state index contributed by atoms with van der Waals surface area (Å²) in [5.41, 5.74) is 0.597. The second-order valence-corrected chi connectivity index (χ2v) is 3.97. The molecule has 1 aliphatic rings. The van der Waals surface area contributed by atoms with Gasteiger partial charge in [-0.05, 0) is 17.7 Å². The van der Waals surface area contributed by atoms with Crippen molar-refractivity contribution in [2.24, 2.45) is 0 Å². The summed E-state index contributed by atoms with van der Waals surface area (Å²) in [4.78, 5) is 23.7. The predicted molar refractivity (Wildman–Crippen MR) is 61.4 cm³/mol. The lowest BCUT2D eigenvalue weighted by molar-refractivity contribution is -0.142. The minimum absolute atomic E-state index is 0.585. The van der Waals surface area contributed by atoms with Crippen molar-refractivity contribution >= 4 is 12.1 Å². The summed E-state index contributed by atoms with van der Waals surface area (Å²) in [6.45, 7) is 0. The van der Waals surface area contributed by atoms with Crippen LogP contribution < -0.4 is 4.74 Å². The Balaban J connectivity index is 2.36. The number of benzene rings is 1. The van der Waals surface area contributed by atoms with Gasteiger partial charge in [0, 0.05) is 7.05 Å². The number of carboxylic acids is 1. The number of methoxy groups -OCH3 is 1. The number of carboxylic acid groups (broad SMARTS) is 1. The number of aliphatic carboxylic acids is 1. The molecule has 0 radical (unpaired) electrons. The maximum Gasteiger partial charge on any atom is 0.411 e. The molecule has 1 aromatic carbocycles. The first-order chi connectivity index (χ1) is 8.54. The molecule has 1 N–H and O–H groups in total. The molecule has 1 saturated heterocycles. The molecule has 2 unspecified atom stereocenters. The van der Waals surface area contributed by atoms with Gasteiger partial charge in [-0.2, -0.15) is 0 Å². The first kappa shape index (κ1) is 12.2. The molecule has 1 heterocycles. The van der Waals surface area contributed by atoms with Crippen LogP contribution in [0, 0.1) is 0 Å². The zero-order chi connectivity index (χ0) is 13.3. The van der Waals surface area contributed by atoms with E-state index in [1.165, 1.54) is 14.2 Å². The smallest absolute Gasteiger partial charge is 0.411 e. The number of amides is 1. The summed E-state index contributed by atoms with van der Waals surface area (Å²) in [6, 6.07) is 5.80. The molecular formula is C12H13NO5. The fourth-order valence-corrected chi connectivity index (χ4v) is 1.94. The minimum atomic E-state index is -1.10. The van der Waals surface area contributed by atoms with Gasteiger partial charge in [-0.3, -0.25) is 4.90 Å². The topological polar surface area (TPSA) is 76.1 Å². The van der Waals surface area contributed by atoms with Crippen LogP contribution in [-0.4, -0.2) is 42.3 Å². The molecule has 0 bridgehead atoms. The largest absolute Gasteiger partial charge is 0.497 e. The number of hydrogen-bond donors (Lipinski definition) is 1. The zero-order valence-electron chi connectivity index (χ0n) is 9.99. The molecule has 2 rings (SSSR count). The Kier molecular flexibility index (Phi) is 3.10. The first-order valence-corrected chi connectivity index (χ1v) is 5.35. The summed E-state index contributed by atoms with van der Waals surface area (Å²) >= 11 is 0. The average Bonchev–Trinajstić information content (AvgIpc) is 2.66. The lowest BCUT2D eigenvalue weighted by Crippen LogP contribution is -2.37. The molecule has 18 heavy (non-hydrogen) atoms. The fraction of sp³-hybridized carbons (Fsp3) is 0.333. The maximum atomic E-state index is 11.4. The predicted octanol–water partition coefficient (Wildman–Crippen LogP) is 1.27. The summed E-state index contributed by atoms with van der Waals surface area (Å²) in [6.07, 6.45) is -1.47. The lowest BCUT2D eigenvalue weighted by atomic mass is 10.0. The molecule has 0 aliphatic carbocycles. The molecular weight excluding hydrogens is 238 g/mol. The van der Waals surface area contributed by atoms with Crippen LogP contribution in [-0.2, 0) is 9.53 Å². The van der Waals surface area contributed by atoms with Gasteiger partial charge in [-0.1, -0.05) is 12.1 Å². The highest BCUT2D eigenvalue weighted by molar-refractivity contribution is 5.84. The third-order valence-corrected chi connectivity index (χ3v) is 2.90. The molecule has 6 heteroatoms. The van der Waals surface area contributed by atoms with E-state index in [1.54, 1.807) is 24.3 Å². The Bertz CT molecular complexity index is 487. The van der Waals surface area contributed by atoms with Gasteiger partial charge in [0.1, 0.15) is 5.75 Å². The van der Waals surface area contributed by atoms with Crippen molar-refractivity contribution < 1.29 is 24.2 Å². The van der Waals surface area contributed by atoms with Crippen LogP contribution in [0.3, 0.4) is 0 Å². The van der Waals surface area contributed by atoms with E-state index in [4.69, 9.17) is 14.6 Å². The Hall–Kier alpha value is -2.24. The quantitative estimate of drug-likeness (QED) is 0.875. The highest BCUT2D eigenvalue weighted by Crippen LogP contribution is 2.33. The van der Waals surface area contributed by atoms with E-state index in [-0.39, 0.29) is 0 Å². The van der Waals surface area contributed by atoms with Gasteiger partial charge in [-0.15, -0.1) is 0 Å². The van der Waals surface area contributed by atoms with Gasteiger partial charge in [0.2, 0.25) is 0 Å². The van der Waals surface area contributed by atoms with Crippen LogP contribution in [0.5, 0.6) is 5.75 Å². The standard InChI is InChI=1S/C12H13NO5/c1-13-9(11(14)15)10(18-12(13)16)7-4-3-5-8(6-7)17-2/h3-6,9-10H,1-2H3,(H,14,15). The molecule has 1 amide bonds. The molecule has 0 aromatic heterocycles. The third-order valence-electron chi connectivity index (χ3n) is 2.90. The highest BCUT2D eigenvalue weighted by Gasteiger charge is 2.45. The Labute approximate surface area is 104 Å². The van der Waals surface area contributed by atoms with E-state index in [0.717, 1.165) is 4.90 Å². The second kappa shape index (κ2) is 4.56. The van der Waals surface area contributed by atoms with E-state index < -0.39 is 24.2 Å². The third kappa shape index (κ3) is 1.97. The SMILES string of the molecule is COc1cccc(C2OC(=O)N(C)C2C(=O)O)c1. The van der Waals surface area contributed by atoms with Crippen molar-refractivity contribution in [1.29, 1.82) is 0 Å². The number of rotatable bonds is 3. The lowest BCUT2D eigenvalue weighted by Gasteiger charge is -2.17. The van der Waals surface area contributed by atoms with Crippen LogP contribution in [0.15, 0.2) is 24.3 Å². The van der Waals surface area contributed by atoms with Gasteiger partial charge in [0.05, 0.1) is 7.11 Å². The molecule has 1 aromatic rings. The zero-order valence-corrected chi connectivity index (χ0v) is 9.99. The van der Waals surface area contributed by atoms with Crippen molar-refractivity contribution in [2.75, 3.05) is 14.2 Å². The van der Waals surface area contributed by atoms with Crippen LogP contribution >= 0.6 is 0 Å². The van der Waals surface area contributed by atoms with Gasteiger partial charge in [-0.25, -0.2) is 9.59 Å². The van der Waals surface area contributed by atoms with Crippen molar-refractivity contribution in [3.05, 3.63) is 29.8 Å². The Morgan fingerprint density at radius 1 is 1.50 bits per heavy atom. The fourth-order valence-electron chi connectivity index (χ4n) is 1.94. The van der Waals surface area contributed by atoms with Crippen molar-refractivity contribution in [2.45, 2.75) is 12.1 Å². The monoisotopic (exact) mass is 251 g/mol. The summed E-state index contributed by atoms with van der Waals surface area (Å²) in [5.74, 6) is -0.515. The Morgan fingerprint density at radius 2 is 2.22 bits per heavy atom. The molecule has 96 valence electrons. The van der Waals surface area contributed by atoms with E-state index in [9.17, 15) is 9.59 Å². The van der Waals surface area contributed by atoms with Crippen molar-refractivity contribution in [1.82, 2.24) is 4.90 Å². The van der Waals surface area contributed by atoms with Gasteiger partial charge in [0.15, 0.2) is 12.1 Å².